The maximum atomic E-state index is 2.52. The predicted octanol–water partition coefficient (Wildman–Crippen LogP) is 16.0. The molecule has 1 heterocycles. The van der Waals surface area contributed by atoms with Crippen LogP contribution in [0.1, 0.15) is 42.7 Å². The Morgan fingerprint density at radius 1 is 0.459 bits per heavy atom. The molecule has 2 heteroatoms. The third-order valence-electron chi connectivity index (χ3n) is 13.5. The van der Waals surface area contributed by atoms with Gasteiger partial charge < -0.3 is 9.47 Å². The van der Waals surface area contributed by atoms with Crippen molar-refractivity contribution in [2.75, 3.05) is 4.90 Å². The van der Waals surface area contributed by atoms with E-state index in [1.165, 1.54) is 93.9 Å². The summed E-state index contributed by atoms with van der Waals surface area (Å²) in [5.41, 5.74) is 18.8. The Morgan fingerprint density at radius 3 is 1.62 bits per heavy atom. The van der Waals surface area contributed by atoms with Crippen LogP contribution in [0.2, 0.25) is 0 Å². The van der Waals surface area contributed by atoms with Gasteiger partial charge in [-0.25, -0.2) is 0 Å². The first-order chi connectivity index (χ1) is 30.0. The van der Waals surface area contributed by atoms with E-state index in [9.17, 15) is 0 Å². The quantitative estimate of drug-likeness (QED) is 0.163. The molecule has 2 aliphatic carbocycles. The van der Waals surface area contributed by atoms with Crippen molar-refractivity contribution >= 4 is 55.6 Å². The topological polar surface area (TPSA) is 8.17 Å². The highest BCUT2D eigenvalue weighted by Gasteiger charge is 2.37. The smallest absolute Gasteiger partial charge is 0.0537 e. The second kappa shape index (κ2) is 13.8. The second-order valence-corrected chi connectivity index (χ2v) is 17.2. The molecule has 10 aromatic rings. The molecule has 2 aliphatic rings. The van der Waals surface area contributed by atoms with Gasteiger partial charge in [-0.1, -0.05) is 166 Å². The standard InChI is InChI=1S/C59H44N2/c1-59(2)55-37-45(33-35-51(55)52-36-34-46(38-56(52)59)61-57-23-9-7-19-53(57)54-20-8-10-24-58(54)61)60(43-29-25-41(26-30-43)49-21-11-15-39-13-3-5-17-47(39)49)44-31-27-42(28-32-44)50-22-12-16-40-14-4-6-18-48(40)50/h3-9,11-23,25-38H,10,24H2,1-2H3. The van der Waals surface area contributed by atoms with Crippen molar-refractivity contribution in [3.63, 3.8) is 0 Å². The fourth-order valence-electron chi connectivity index (χ4n) is 10.4. The van der Waals surface area contributed by atoms with E-state index in [2.05, 4.69) is 230 Å². The van der Waals surface area contributed by atoms with Gasteiger partial charge >= 0.3 is 0 Å². The summed E-state index contributed by atoms with van der Waals surface area (Å²) in [5, 5.41) is 6.37. The van der Waals surface area contributed by atoms with Crippen LogP contribution in [0.3, 0.4) is 0 Å². The van der Waals surface area contributed by atoms with Crippen molar-refractivity contribution in [2.45, 2.75) is 32.1 Å². The molecule has 9 aromatic carbocycles. The number of allylic oxidation sites excluding steroid dienone is 1. The van der Waals surface area contributed by atoms with Gasteiger partial charge in [-0.2, -0.15) is 0 Å². The summed E-state index contributed by atoms with van der Waals surface area (Å²) >= 11 is 0. The first-order valence-corrected chi connectivity index (χ1v) is 21.6. The van der Waals surface area contributed by atoms with Gasteiger partial charge in [-0.15, -0.1) is 0 Å². The molecule has 0 radical (unpaired) electrons. The number of rotatable bonds is 6. The summed E-state index contributed by atoms with van der Waals surface area (Å²) < 4.78 is 2.52. The molecule has 1 aromatic heterocycles. The maximum absolute atomic E-state index is 2.52. The summed E-state index contributed by atoms with van der Waals surface area (Å²) in [4.78, 5) is 2.43. The Labute approximate surface area is 357 Å². The molecule has 2 nitrogen and oxygen atoms in total. The fraction of sp³-hybridized carbons (Fsp3) is 0.0847. The summed E-state index contributed by atoms with van der Waals surface area (Å²) in [6.07, 6.45) is 6.77. The number of anilines is 3. The number of hydrogen-bond donors (Lipinski definition) is 0. The number of aromatic nitrogens is 1. The SMILES string of the molecule is CC1(C)c2cc(N(c3ccc(-c4cccc5ccccc45)cc3)c3ccc(-c4cccc5ccccc45)cc3)ccc2-c2ccc(-n3c4c(c5ccccc53)C=CCC4)cc21. The average Bonchev–Trinajstić information content (AvgIpc) is 3.77. The van der Waals surface area contributed by atoms with Gasteiger partial charge in [0.05, 0.1) is 5.52 Å². The highest BCUT2D eigenvalue weighted by atomic mass is 15.1. The van der Waals surface area contributed by atoms with Crippen molar-refractivity contribution < 1.29 is 0 Å². The molecule has 0 bridgehead atoms. The molecule has 61 heavy (non-hydrogen) atoms. The molecule has 0 saturated heterocycles. The first kappa shape index (κ1) is 35.5. The van der Waals surface area contributed by atoms with E-state index in [4.69, 9.17) is 0 Å². The molecule has 0 unspecified atom stereocenters. The van der Waals surface area contributed by atoms with Crippen LogP contribution in [-0.2, 0) is 11.8 Å². The van der Waals surface area contributed by atoms with Crippen LogP contribution in [-0.4, -0.2) is 4.57 Å². The minimum Gasteiger partial charge on any atom is -0.313 e. The van der Waals surface area contributed by atoms with Gasteiger partial charge in [0.1, 0.15) is 0 Å². The zero-order valence-electron chi connectivity index (χ0n) is 34.4. The zero-order valence-corrected chi connectivity index (χ0v) is 34.4. The minimum atomic E-state index is -0.207. The van der Waals surface area contributed by atoms with E-state index >= 15 is 0 Å². The van der Waals surface area contributed by atoms with Crippen LogP contribution >= 0.6 is 0 Å². The third kappa shape index (κ3) is 5.63. The lowest BCUT2D eigenvalue weighted by atomic mass is 9.82. The molecule has 0 fully saturated rings. The molecule has 290 valence electrons. The Kier molecular flexibility index (Phi) is 8.05. The lowest BCUT2D eigenvalue weighted by Gasteiger charge is -2.28. The van der Waals surface area contributed by atoms with Crippen LogP contribution in [0.4, 0.5) is 17.1 Å². The Hall–Kier alpha value is -7.42. The molecule has 0 spiro atoms. The van der Waals surface area contributed by atoms with E-state index < -0.39 is 0 Å². The summed E-state index contributed by atoms with van der Waals surface area (Å²) in [6, 6.07) is 71.9. The van der Waals surface area contributed by atoms with Crippen LogP contribution in [0.15, 0.2) is 200 Å². The van der Waals surface area contributed by atoms with E-state index in [1.807, 2.05) is 0 Å². The number of nitrogens with zero attached hydrogens (tertiary/aromatic N) is 2. The first-order valence-electron chi connectivity index (χ1n) is 21.6. The molecular weight excluding hydrogens is 737 g/mol. The average molecular weight is 781 g/mol. The van der Waals surface area contributed by atoms with Crippen molar-refractivity contribution in [1.29, 1.82) is 0 Å². The normalized spacial score (nSPS) is 13.7. The maximum Gasteiger partial charge on any atom is 0.0537 e. The minimum absolute atomic E-state index is 0.207. The molecule has 0 aliphatic heterocycles. The van der Waals surface area contributed by atoms with E-state index in [0.717, 1.165) is 29.9 Å². The second-order valence-electron chi connectivity index (χ2n) is 17.2. The lowest BCUT2D eigenvalue weighted by Crippen LogP contribution is -2.17. The van der Waals surface area contributed by atoms with Gasteiger partial charge in [0.2, 0.25) is 0 Å². The highest BCUT2D eigenvalue weighted by Crippen LogP contribution is 2.52. The van der Waals surface area contributed by atoms with Gasteiger partial charge in [-0.3, -0.25) is 0 Å². The lowest BCUT2D eigenvalue weighted by molar-refractivity contribution is 0.659. The van der Waals surface area contributed by atoms with Crippen LogP contribution in [0.5, 0.6) is 0 Å². The van der Waals surface area contributed by atoms with Crippen LogP contribution in [0, 0.1) is 0 Å². The number of hydrogen-bond acceptors (Lipinski definition) is 1. The molecule has 0 atom stereocenters. The van der Waals surface area contributed by atoms with E-state index in [-0.39, 0.29) is 5.41 Å². The van der Waals surface area contributed by atoms with Gasteiger partial charge in [0.15, 0.2) is 0 Å². The van der Waals surface area contributed by atoms with E-state index in [1.54, 1.807) is 0 Å². The highest BCUT2D eigenvalue weighted by molar-refractivity contribution is 5.99. The monoisotopic (exact) mass is 780 g/mol. The summed E-state index contributed by atoms with van der Waals surface area (Å²) in [7, 11) is 0. The Morgan fingerprint density at radius 2 is 0.984 bits per heavy atom. The Bertz CT molecular complexity index is 3250. The van der Waals surface area contributed by atoms with Crippen molar-refractivity contribution in [3.8, 4) is 39.1 Å². The van der Waals surface area contributed by atoms with Gasteiger partial charge in [0.25, 0.3) is 0 Å². The molecular formula is C59H44N2. The van der Waals surface area contributed by atoms with Crippen LogP contribution in [0.25, 0.3) is 77.6 Å². The van der Waals surface area contributed by atoms with Crippen molar-refractivity contribution in [1.82, 2.24) is 4.57 Å². The van der Waals surface area contributed by atoms with Gasteiger partial charge in [-0.05, 0) is 133 Å². The summed E-state index contributed by atoms with van der Waals surface area (Å²) in [5.74, 6) is 0. The van der Waals surface area contributed by atoms with Crippen molar-refractivity contribution in [3.05, 3.63) is 223 Å². The van der Waals surface area contributed by atoms with Crippen molar-refractivity contribution in [2.24, 2.45) is 0 Å². The summed E-state index contributed by atoms with van der Waals surface area (Å²) in [6.45, 7) is 4.80. The predicted molar refractivity (Wildman–Crippen MR) is 259 cm³/mol. The van der Waals surface area contributed by atoms with Gasteiger partial charge in [0, 0.05) is 44.8 Å². The molecule has 0 N–H and O–H groups in total. The molecule has 0 saturated carbocycles. The largest absolute Gasteiger partial charge is 0.313 e. The zero-order chi connectivity index (χ0) is 40.7. The Balaban J connectivity index is 0.967. The van der Waals surface area contributed by atoms with E-state index in [0.29, 0.717) is 0 Å². The number of fused-ring (bicyclic) bond motifs is 8. The molecule has 0 amide bonds. The third-order valence-corrected chi connectivity index (χ3v) is 13.5. The number of benzene rings is 9. The fourth-order valence-corrected chi connectivity index (χ4v) is 10.4. The molecule has 12 rings (SSSR count). The van der Waals surface area contributed by atoms with Crippen LogP contribution < -0.4 is 4.90 Å². The number of para-hydroxylation sites is 1.